The smallest absolute Gasteiger partial charge is 0.223 e. The van der Waals surface area contributed by atoms with Crippen molar-refractivity contribution in [2.24, 2.45) is 27.2 Å². The van der Waals surface area contributed by atoms with E-state index < -0.39 is 0 Å². The first-order chi connectivity index (χ1) is 7.90. The highest BCUT2D eigenvalue weighted by Crippen LogP contribution is 2.24. The summed E-state index contributed by atoms with van der Waals surface area (Å²) in [7, 11) is 3.93. The van der Waals surface area contributed by atoms with Gasteiger partial charge in [-0.25, -0.2) is 4.99 Å². The number of anilines is 1. The first-order valence-corrected chi connectivity index (χ1v) is 5.12. The highest BCUT2D eigenvalue weighted by Gasteiger charge is 2.02. The molecule has 17 heavy (non-hydrogen) atoms. The van der Waals surface area contributed by atoms with Gasteiger partial charge >= 0.3 is 0 Å². The topological polar surface area (TPSA) is 106 Å². The Morgan fingerprint density at radius 1 is 1.18 bits per heavy atom. The van der Waals surface area contributed by atoms with E-state index in [2.05, 4.69) is 9.98 Å². The molecule has 0 amide bonds. The second kappa shape index (κ2) is 5.20. The maximum absolute atomic E-state index is 5.56. The molecule has 0 unspecified atom stereocenters. The van der Waals surface area contributed by atoms with Crippen molar-refractivity contribution in [2.75, 3.05) is 19.0 Å². The van der Waals surface area contributed by atoms with Gasteiger partial charge < -0.3 is 22.1 Å². The van der Waals surface area contributed by atoms with Crippen LogP contribution in [0.25, 0.3) is 0 Å². The van der Waals surface area contributed by atoms with E-state index in [0.29, 0.717) is 5.69 Å². The number of guanidine groups is 2. The first-order valence-electron chi connectivity index (χ1n) is 5.12. The number of aryl methyl sites for hydroxylation is 1. The summed E-state index contributed by atoms with van der Waals surface area (Å²) in [5, 5.41) is 0. The largest absolute Gasteiger partial charge is 0.377 e. The Bertz CT molecular complexity index is 457. The minimum atomic E-state index is -0.105. The van der Waals surface area contributed by atoms with Crippen LogP contribution in [0.5, 0.6) is 0 Å². The van der Waals surface area contributed by atoms with Crippen molar-refractivity contribution < 1.29 is 0 Å². The van der Waals surface area contributed by atoms with Crippen LogP contribution in [0, 0.1) is 6.92 Å². The van der Waals surface area contributed by atoms with E-state index in [4.69, 9.17) is 17.2 Å². The highest BCUT2D eigenvalue weighted by molar-refractivity contribution is 5.93. The van der Waals surface area contributed by atoms with Gasteiger partial charge in [-0.1, -0.05) is 6.07 Å². The summed E-state index contributed by atoms with van der Waals surface area (Å²) >= 11 is 0. The molecule has 0 spiro atoms. The molecule has 0 bridgehead atoms. The molecular formula is C11H18N6. The van der Waals surface area contributed by atoms with Crippen molar-refractivity contribution in [2.45, 2.75) is 6.92 Å². The molecule has 0 radical (unpaired) electrons. The normalized spacial score (nSPS) is 11.1. The molecule has 0 saturated carbocycles. The lowest BCUT2D eigenvalue weighted by molar-refractivity contribution is 1.11. The number of hydrogen-bond donors (Lipinski definition) is 3. The van der Waals surface area contributed by atoms with Gasteiger partial charge in [-0.3, -0.25) is 0 Å². The van der Waals surface area contributed by atoms with E-state index in [9.17, 15) is 0 Å². The van der Waals surface area contributed by atoms with Crippen LogP contribution in [0.2, 0.25) is 0 Å². The summed E-state index contributed by atoms with van der Waals surface area (Å²) in [6, 6.07) is 5.75. The molecule has 0 aliphatic heterocycles. The van der Waals surface area contributed by atoms with Crippen LogP contribution in [0.3, 0.4) is 0 Å². The van der Waals surface area contributed by atoms with Crippen molar-refractivity contribution in [3.8, 4) is 0 Å². The molecule has 0 heterocycles. The standard InChI is InChI=1S/C11H18N6/c1-7-4-5-8(6-9(7)17(2)3)15-11(14)16-10(12)13/h4-6H,1-3H3,(H6,12,13,14,15,16). The van der Waals surface area contributed by atoms with Gasteiger partial charge in [-0.05, 0) is 24.6 Å². The monoisotopic (exact) mass is 234 g/mol. The fourth-order valence-corrected chi connectivity index (χ4v) is 1.44. The van der Waals surface area contributed by atoms with E-state index in [1.807, 2.05) is 44.1 Å². The maximum atomic E-state index is 5.56. The number of nitrogens with two attached hydrogens (primary N) is 3. The van der Waals surface area contributed by atoms with E-state index >= 15 is 0 Å². The van der Waals surface area contributed by atoms with Crippen LogP contribution in [-0.2, 0) is 0 Å². The minimum absolute atomic E-state index is 0.0403. The Labute approximate surface area is 101 Å². The number of aliphatic imine (C=N–C) groups is 2. The van der Waals surface area contributed by atoms with Crippen molar-refractivity contribution >= 4 is 23.3 Å². The van der Waals surface area contributed by atoms with Crippen LogP contribution in [0.1, 0.15) is 5.56 Å². The maximum Gasteiger partial charge on any atom is 0.223 e. The molecule has 6 N–H and O–H groups in total. The van der Waals surface area contributed by atoms with Crippen LogP contribution in [-0.4, -0.2) is 26.0 Å². The summed E-state index contributed by atoms with van der Waals surface area (Å²) in [6.07, 6.45) is 0. The van der Waals surface area contributed by atoms with Gasteiger partial charge in [-0.2, -0.15) is 4.99 Å². The molecular weight excluding hydrogens is 216 g/mol. The van der Waals surface area contributed by atoms with E-state index in [-0.39, 0.29) is 11.9 Å². The minimum Gasteiger partial charge on any atom is -0.377 e. The fourth-order valence-electron chi connectivity index (χ4n) is 1.44. The lowest BCUT2D eigenvalue weighted by atomic mass is 10.1. The average molecular weight is 234 g/mol. The fraction of sp³-hybridized carbons (Fsp3) is 0.273. The SMILES string of the molecule is Cc1ccc(N=C(N)N=C(N)N)cc1N(C)C. The first kappa shape index (κ1) is 12.8. The zero-order valence-corrected chi connectivity index (χ0v) is 10.3. The third kappa shape index (κ3) is 3.67. The van der Waals surface area contributed by atoms with Crippen molar-refractivity contribution in [1.82, 2.24) is 0 Å². The number of benzene rings is 1. The third-order valence-electron chi connectivity index (χ3n) is 2.16. The van der Waals surface area contributed by atoms with Crippen molar-refractivity contribution in [3.05, 3.63) is 23.8 Å². The predicted octanol–water partition coefficient (Wildman–Crippen LogP) is 0.281. The Balaban J connectivity index is 3.09. The molecule has 0 atom stereocenters. The van der Waals surface area contributed by atoms with Crippen molar-refractivity contribution in [3.63, 3.8) is 0 Å². The molecule has 6 heteroatoms. The number of nitrogens with zero attached hydrogens (tertiary/aromatic N) is 3. The molecule has 0 saturated heterocycles. The van der Waals surface area contributed by atoms with E-state index in [0.717, 1.165) is 11.3 Å². The molecule has 0 aliphatic carbocycles. The summed E-state index contributed by atoms with van der Waals surface area (Å²) < 4.78 is 0. The van der Waals surface area contributed by atoms with Crippen LogP contribution < -0.4 is 22.1 Å². The molecule has 6 nitrogen and oxygen atoms in total. The number of rotatable bonds is 2. The Morgan fingerprint density at radius 2 is 1.82 bits per heavy atom. The van der Waals surface area contributed by atoms with Gasteiger partial charge in [0.2, 0.25) is 5.96 Å². The number of hydrogen-bond acceptors (Lipinski definition) is 2. The van der Waals surface area contributed by atoms with Gasteiger partial charge in [-0.15, -0.1) is 0 Å². The predicted molar refractivity (Wildman–Crippen MR) is 72.6 cm³/mol. The van der Waals surface area contributed by atoms with E-state index in [1.165, 1.54) is 0 Å². The zero-order valence-electron chi connectivity index (χ0n) is 10.3. The quantitative estimate of drug-likeness (QED) is 0.504. The summed E-state index contributed by atoms with van der Waals surface area (Å²) in [6.45, 7) is 2.03. The molecule has 1 aromatic rings. The highest BCUT2D eigenvalue weighted by atomic mass is 15.1. The molecule has 92 valence electrons. The van der Waals surface area contributed by atoms with Gasteiger partial charge in [0.15, 0.2) is 5.96 Å². The van der Waals surface area contributed by atoms with Crippen LogP contribution in [0.15, 0.2) is 28.2 Å². The Morgan fingerprint density at radius 3 is 2.35 bits per heavy atom. The summed E-state index contributed by atoms with van der Waals surface area (Å²) in [5.41, 5.74) is 18.9. The van der Waals surface area contributed by atoms with Gasteiger partial charge in [0.1, 0.15) is 0 Å². The summed E-state index contributed by atoms with van der Waals surface area (Å²) in [5.74, 6) is -0.0650. The van der Waals surface area contributed by atoms with Gasteiger partial charge in [0.05, 0.1) is 5.69 Å². The van der Waals surface area contributed by atoms with Crippen molar-refractivity contribution in [1.29, 1.82) is 0 Å². The van der Waals surface area contributed by atoms with E-state index in [1.54, 1.807) is 0 Å². The average Bonchev–Trinajstić information content (AvgIpc) is 2.19. The van der Waals surface area contributed by atoms with Crippen LogP contribution in [0.4, 0.5) is 11.4 Å². The molecule has 1 rings (SSSR count). The summed E-state index contributed by atoms with van der Waals surface area (Å²) in [4.78, 5) is 9.76. The lowest BCUT2D eigenvalue weighted by Gasteiger charge is -2.15. The molecule has 1 aromatic carbocycles. The lowest BCUT2D eigenvalue weighted by Crippen LogP contribution is -2.26. The molecule has 0 aromatic heterocycles. The third-order valence-corrected chi connectivity index (χ3v) is 2.16. The van der Waals surface area contributed by atoms with Crippen LogP contribution >= 0.6 is 0 Å². The zero-order chi connectivity index (χ0) is 13.0. The van der Waals surface area contributed by atoms with Gasteiger partial charge in [0.25, 0.3) is 0 Å². The Hall–Kier alpha value is -2.24. The second-order valence-corrected chi connectivity index (χ2v) is 3.87. The molecule has 0 aliphatic rings. The second-order valence-electron chi connectivity index (χ2n) is 3.87. The Kier molecular flexibility index (Phi) is 3.92. The molecule has 0 fully saturated rings. The van der Waals surface area contributed by atoms with Gasteiger partial charge in [0, 0.05) is 19.8 Å².